The summed E-state index contributed by atoms with van der Waals surface area (Å²) in [5.74, 6) is -2.06. The van der Waals surface area contributed by atoms with Gasteiger partial charge in [-0.3, -0.25) is 19.2 Å². The highest BCUT2D eigenvalue weighted by molar-refractivity contribution is 6.35. The Morgan fingerprint density at radius 2 is 1.82 bits per heavy atom. The molecule has 0 saturated heterocycles. The third-order valence-electron chi connectivity index (χ3n) is 6.08. The van der Waals surface area contributed by atoms with Gasteiger partial charge in [0.25, 0.3) is 11.8 Å². The van der Waals surface area contributed by atoms with E-state index >= 15 is 0 Å². The number of carbonyl (C=O) groups excluding carboxylic acids is 4. The minimum Gasteiger partial charge on any atom is -0.397 e. The molecule has 4 amide bonds. The molecule has 2 aromatic carbocycles. The summed E-state index contributed by atoms with van der Waals surface area (Å²) in [6.45, 7) is 3.26. The van der Waals surface area contributed by atoms with Gasteiger partial charge < -0.3 is 32.0 Å². The molecule has 0 unspecified atom stereocenters. The number of rotatable bonds is 8. The van der Waals surface area contributed by atoms with E-state index in [2.05, 4.69) is 26.3 Å². The summed E-state index contributed by atoms with van der Waals surface area (Å²) in [7, 11) is 0. The molecule has 0 fully saturated rings. The number of halogens is 1. The first-order chi connectivity index (χ1) is 18.1. The molecule has 2 heterocycles. The molecule has 0 spiro atoms. The number of aromatic nitrogens is 1. The van der Waals surface area contributed by atoms with Crippen LogP contribution in [0.3, 0.4) is 0 Å². The summed E-state index contributed by atoms with van der Waals surface area (Å²) < 4.78 is 13.7. The molecular formula is C27H27FN6O4. The molecule has 7 N–H and O–H groups in total. The van der Waals surface area contributed by atoms with Crippen LogP contribution in [0.25, 0.3) is 11.6 Å². The van der Waals surface area contributed by atoms with E-state index in [9.17, 15) is 23.6 Å². The Labute approximate surface area is 217 Å². The lowest BCUT2D eigenvalue weighted by molar-refractivity contribution is -0.124. The van der Waals surface area contributed by atoms with Crippen LogP contribution in [0, 0.1) is 19.7 Å². The molecule has 1 aliphatic heterocycles. The van der Waals surface area contributed by atoms with E-state index in [1.54, 1.807) is 44.2 Å². The molecule has 11 heteroatoms. The van der Waals surface area contributed by atoms with Crippen molar-refractivity contribution in [3.8, 4) is 0 Å². The number of para-hydroxylation sites is 2. The van der Waals surface area contributed by atoms with Gasteiger partial charge in [-0.05, 0) is 55.8 Å². The summed E-state index contributed by atoms with van der Waals surface area (Å²) >= 11 is 0. The first-order valence-corrected chi connectivity index (χ1v) is 11.9. The lowest BCUT2D eigenvalue weighted by atomic mass is 10.0. The van der Waals surface area contributed by atoms with Gasteiger partial charge in [0.15, 0.2) is 0 Å². The zero-order valence-electron chi connectivity index (χ0n) is 20.8. The average Bonchev–Trinajstić information content (AvgIpc) is 3.33. The molecule has 0 saturated carbocycles. The number of fused-ring (bicyclic) bond motifs is 1. The third-order valence-corrected chi connectivity index (χ3v) is 6.08. The van der Waals surface area contributed by atoms with Gasteiger partial charge in [-0.1, -0.05) is 12.1 Å². The van der Waals surface area contributed by atoms with Gasteiger partial charge in [0.05, 0.1) is 29.1 Å². The number of H-pyrrole nitrogens is 1. The number of aryl methyl sites for hydroxylation is 1. The first kappa shape index (κ1) is 26.1. The fourth-order valence-corrected chi connectivity index (χ4v) is 4.16. The smallest absolute Gasteiger partial charge is 0.256 e. The van der Waals surface area contributed by atoms with Crippen molar-refractivity contribution in [3.05, 3.63) is 76.4 Å². The summed E-state index contributed by atoms with van der Waals surface area (Å²) in [6.07, 6.45) is 1.55. The molecule has 10 nitrogen and oxygen atoms in total. The third kappa shape index (κ3) is 5.72. The maximum Gasteiger partial charge on any atom is 0.256 e. The Bertz CT molecular complexity index is 1480. The molecule has 1 aliphatic rings. The van der Waals surface area contributed by atoms with E-state index in [1.165, 1.54) is 18.2 Å². The van der Waals surface area contributed by atoms with Gasteiger partial charge in [-0.25, -0.2) is 4.39 Å². The molecule has 0 aliphatic carbocycles. The number of nitrogen functional groups attached to an aromatic ring is 1. The normalized spacial score (nSPS) is 13.1. The van der Waals surface area contributed by atoms with Gasteiger partial charge in [0, 0.05) is 35.6 Å². The number of anilines is 3. The monoisotopic (exact) mass is 518 g/mol. The van der Waals surface area contributed by atoms with Gasteiger partial charge in [-0.2, -0.15) is 0 Å². The van der Waals surface area contributed by atoms with Gasteiger partial charge in [0.1, 0.15) is 5.82 Å². The summed E-state index contributed by atoms with van der Waals surface area (Å²) in [6, 6.07) is 10.8. The summed E-state index contributed by atoms with van der Waals surface area (Å²) in [4.78, 5) is 52.5. The fraction of sp³-hybridized carbons (Fsp3) is 0.185. The van der Waals surface area contributed by atoms with Gasteiger partial charge in [-0.15, -0.1) is 0 Å². The highest BCUT2D eigenvalue weighted by Crippen LogP contribution is 2.34. The lowest BCUT2D eigenvalue weighted by Gasteiger charge is -2.09. The summed E-state index contributed by atoms with van der Waals surface area (Å²) in [5, 5.41) is 10.5. The molecule has 1 aromatic heterocycles. The number of amides is 4. The second-order valence-electron chi connectivity index (χ2n) is 8.78. The van der Waals surface area contributed by atoms with Crippen LogP contribution in [0.1, 0.15) is 39.3 Å². The van der Waals surface area contributed by atoms with Crippen LogP contribution < -0.4 is 27.0 Å². The number of hydrogen-bond donors (Lipinski definition) is 6. The fourth-order valence-electron chi connectivity index (χ4n) is 4.16. The van der Waals surface area contributed by atoms with Crippen molar-refractivity contribution >= 4 is 52.3 Å². The number of nitrogens with one attached hydrogen (secondary N) is 5. The van der Waals surface area contributed by atoms with Crippen molar-refractivity contribution in [1.29, 1.82) is 0 Å². The van der Waals surface area contributed by atoms with Crippen molar-refractivity contribution in [3.63, 3.8) is 0 Å². The molecule has 196 valence electrons. The van der Waals surface area contributed by atoms with Crippen molar-refractivity contribution in [2.45, 2.75) is 20.3 Å². The van der Waals surface area contributed by atoms with Crippen LogP contribution in [-0.4, -0.2) is 41.7 Å². The number of carbonyl (C=O) groups is 4. The zero-order valence-corrected chi connectivity index (χ0v) is 20.8. The Morgan fingerprint density at radius 1 is 1.05 bits per heavy atom. The van der Waals surface area contributed by atoms with E-state index in [0.29, 0.717) is 45.1 Å². The maximum absolute atomic E-state index is 13.7. The predicted octanol–water partition coefficient (Wildman–Crippen LogP) is 2.72. The average molecular weight is 519 g/mol. The van der Waals surface area contributed by atoms with Crippen molar-refractivity contribution in [2.24, 2.45) is 0 Å². The molecule has 0 bridgehead atoms. The highest BCUT2D eigenvalue weighted by atomic mass is 19.1. The number of benzene rings is 2. The Balaban J connectivity index is 1.32. The molecule has 4 rings (SSSR count). The van der Waals surface area contributed by atoms with E-state index in [4.69, 9.17) is 5.73 Å². The quantitative estimate of drug-likeness (QED) is 0.200. The highest BCUT2D eigenvalue weighted by Gasteiger charge is 2.26. The van der Waals surface area contributed by atoms with Crippen molar-refractivity contribution < 1.29 is 23.6 Å². The Hall–Kier alpha value is -4.93. The SMILES string of the molecule is Cc1[nH]c(/C=C2\C(=O)Nc3ccc(F)cc32)c(C)c1C(=O)NCCC(=O)NCC(=O)Nc1ccccc1N. The second kappa shape index (κ2) is 11.0. The van der Waals surface area contributed by atoms with Crippen LogP contribution in [0.15, 0.2) is 42.5 Å². The molecule has 0 atom stereocenters. The molecule has 38 heavy (non-hydrogen) atoms. The summed E-state index contributed by atoms with van der Waals surface area (Å²) in [5.41, 5.74) is 9.99. The predicted molar refractivity (Wildman–Crippen MR) is 143 cm³/mol. The van der Waals surface area contributed by atoms with Crippen LogP contribution in [-0.2, 0) is 14.4 Å². The van der Waals surface area contributed by atoms with E-state index in [1.807, 2.05) is 0 Å². The Kier molecular flexibility index (Phi) is 7.56. The number of hydrogen-bond acceptors (Lipinski definition) is 5. The second-order valence-corrected chi connectivity index (χ2v) is 8.78. The van der Waals surface area contributed by atoms with E-state index < -0.39 is 23.5 Å². The van der Waals surface area contributed by atoms with Crippen LogP contribution in [0.5, 0.6) is 0 Å². The zero-order chi connectivity index (χ0) is 27.4. The van der Waals surface area contributed by atoms with Crippen LogP contribution >= 0.6 is 0 Å². The maximum atomic E-state index is 13.7. The molecule has 0 radical (unpaired) electrons. The van der Waals surface area contributed by atoms with Crippen molar-refractivity contribution in [1.82, 2.24) is 15.6 Å². The lowest BCUT2D eigenvalue weighted by Crippen LogP contribution is -2.35. The number of aromatic amines is 1. The molecular weight excluding hydrogens is 491 g/mol. The van der Waals surface area contributed by atoms with Crippen LogP contribution in [0.4, 0.5) is 21.5 Å². The molecule has 3 aromatic rings. The van der Waals surface area contributed by atoms with E-state index in [0.717, 1.165) is 0 Å². The van der Waals surface area contributed by atoms with Crippen LogP contribution in [0.2, 0.25) is 0 Å². The Morgan fingerprint density at radius 3 is 2.58 bits per heavy atom. The minimum atomic E-state index is -0.462. The largest absolute Gasteiger partial charge is 0.397 e. The first-order valence-electron chi connectivity index (χ1n) is 11.9. The minimum absolute atomic E-state index is 0.0333. The van der Waals surface area contributed by atoms with Gasteiger partial charge >= 0.3 is 0 Å². The standard InChI is InChI=1S/C27H27FN6O4/c1-14-22(12-18-17-11-16(28)7-8-20(17)34-26(18)37)32-15(2)25(14)27(38)30-10-9-23(35)31-13-24(36)33-21-6-4-3-5-19(21)29/h3-8,11-12,32H,9-10,13,29H2,1-2H3,(H,30,38)(H,31,35)(H,33,36)(H,34,37)/b18-12-. The number of nitrogens with two attached hydrogens (primary N) is 1. The van der Waals surface area contributed by atoms with Gasteiger partial charge in [0.2, 0.25) is 11.8 Å². The topological polar surface area (TPSA) is 158 Å². The van der Waals surface area contributed by atoms with E-state index in [-0.39, 0.29) is 31.0 Å². The van der Waals surface area contributed by atoms with Crippen molar-refractivity contribution in [2.75, 3.05) is 29.5 Å².